The van der Waals surface area contributed by atoms with Crippen LogP contribution in [0, 0.1) is 0 Å². The number of esters is 1. The molecule has 0 amide bonds. The molecule has 0 radical (unpaired) electrons. The number of carbonyl (C=O) groups is 1. The second-order valence-corrected chi connectivity index (χ2v) is 6.95. The second-order valence-electron chi connectivity index (χ2n) is 6.95. The summed E-state index contributed by atoms with van der Waals surface area (Å²) >= 11 is 0. The van der Waals surface area contributed by atoms with E-state index in [4.69, 9.17) is 10.5 Å². The Kier molecular flexibility index (Phi) is 8.85. The molecule has 2 aromatic carbocycles. The molecule has 0 fully saturated rings. The molecule has 4 heteroatoms. The number of hydrogen-bond donors (Lipinski definition) is 1. The summed E-state index contributed by atoms with van der Waals surface area (Å²) in [4.78, 5) is 14.7. The smallest absolute Gasteiger partial charge is 0.343 e. The first-order valence-electron chi connectivity index (χ1n) is 10.0. The van der Waals surface area contributed by atoms with Gasteiger partial charge >= 0.3 is 5.97 Å². The molecule has 0 spiro atoms. The van der Waals surface area contributed by atoms with Gasteiger partial charge in [-0.3, -0.25) is 0 Å². The highest BCUT2D eigenvalue weighted by Crippen LogP contribution is 2.16. The topological polar surface area (TPSA) is 55.6 Å². The summed E-state index contributed by atoms with van der Waals surface area (Å²) in [7, 11) is 0. The molecule has 2 N–H and O–H groups in total. The van der Waals surface area contributed by atoms with Crippen molar-refractivity contribution in [2.75, 3.05) is 25.4 Å². The van der Waals surface area contributed by atoms with Crippen LogP contribution >= 0.6 is 0 Å². The van der Waals surface area contributed by atoms with Gasteiger partial charge in [-0.05, 0) is 74.3 Å². The summed E-state index contributed by atoms with van der Waals surface area (Å²) in [6.45, 7) is 7.90. The summed E-state index contributed by atoms with van der Waals surface area (Å²) in [5, 5.41) is 0. The van der Waals surface area contributed by atoms with Gasteiger partial charge in [0.1, 0.15) is 5.75 Å². The molecule has 4 nitrogen and oxygen atoms in total. The van der Waals surface area contributed by atoms with Gasteiger partial charge in [-0.15, -0.1) is 0 Å². The Hall–Kier alpha value is -2.33. The molecular weight excluding hydrogens is 336 g/mol. The van der Waals surface area contributed by atoms with E-state index in [-0.39, 0.29) is 5.97 Å². The minimum absolute atomic E-state index is 0.368. The van der Waals surface area contributed by atoms with Crippen molar-refractivity contribution in [3.63, 3.8) is 0 Å². The quantitative estimate of drug-likeness (QED) is 0.347. The lowest BCUT2D eigenvalue weighted by Crippen LogP contribution is -2.28. The number of rotatable bonds is 11. The number of carbonyl (C=O) groups excluding carboxylic acids is 1. The van der Waals surface area contributed by atoms with Crippen LogP contribution in [0.4, 0.5) is 5.69 Å². The van der Waals surface area contributed by atoms with Crippen molar-refractivity contribution < 1.29 is 9.53 Å². The highest BCUT2D eigenvalue weighted by atomic mass is 16.5. The summed E-state index contributed by atoms with van der Waals surface area (Å²) in [5.74, 6) is 0.197. The molecule has 2 aromatic rings. The average Bonchev–Trinajstić information content (AvgIpc) is 2.69. The summed E-state index contributed by atoms with van der Waals surface area (Å²) < 4.78 is 5.44. The number of unbranched alkanes of at least 4 members (excludes halogenated alkanes) is 2. The zero-order valence-electron chi connectivity index (χ0n) is 16.6. The molecule has 0 aliphatic carbocycles. The Bertz CT molecular complexity index is 673. The maximum atomic E-state index is 12.2. The summed E-state index contributed by atoms with van der Waals surface area (Å²) in [6, 6.07) is 14.6. The van der Waals surface area contributed by atoms with Gasteiger partial charge in [0.15, 0.2) is 0 Å². The number of nitrogens with two attached hydrogens (primary N) is 1. The van der Waals surface area contributed by atoms with Crippen LogP contribution < -0.4 is 10.5 Å². The fourth-order valence-corrected chi connectivity index (χ4v) is 2.90. The van der Waals surface area contributed by atoms with Crippen molar-refractivity contribution in [3.8, 4) is 5.75 Å². The van der Waals surface area contributed by atoms with Gasteiger partial charge in [0.25, 0.3) is 0 Å². The van der Waals surface area contributed by atoms with Crippen molar-refractivity contribution in [1.82, 2.24) is 4.90 Å². The molecule has 0 saturated heterocycles. The normalized spacial score (nSPS) is 10.9. The van der Waals surface area contributed by atoms with Crippen molar-refractivity contribution >= 4 is 11.7 Å². The van der Waals surface area contributed by atoms with E-state index in [2.05, 4.69) is 18.7 Å². The Morgan fingerprint density at radius 1 is 0.889 bits per heavy atom. The number of hydrogen-bond acceptors (Lipinski definition) is 4. The second kappa shape index (κ2) is 11.4. The van der Waals surface area contributed by atoms with Gasteiger partial charge in [-0.1, -0.05) is 38.8 Å². The Labute approximate surface area is 163 Å². The number of benzene rings is 2. The number of nitrogens with zero attached hydrogens (tertiary/aromatic N) is 1. The van der Waals surface area contributed by atoms with E-state index in [1.165, 1.54) is 44.3 Å². The van der Waals surface area contributed by atoms with Crippen LogP contribution in [-0.2, 0) is 6.42 Å². The molecule has 0 unspecified atom stereocenters. The third-order valence-electron chi connectivity index (χ3n) is 4.65. The van der Waals surface area contributed by atoms with E-state index in [0.29, 0.717) is 17.0 Å². The molecule has 0 bridgehead atoms. The molecule has 0 saturated carbocycles. The monoisotopic (exact) mass is 368 g/mol. The Balaban J connectivity index is 1.86. The lowest BCUT2D eigenvalue weighted by Gasteiger charge is -2.22. The van der Waals surface area contributed by atoms with Gasteiger partial charge in [0.2, 0.25) is 0 Å². The zero-order valence-corrected chi connectivity index (χ0v) is 16.6. The summed E-state index contributed by atoms with van der Waals surface area (Å²) in [6.07, 6.45) is 5.99. The highest BCUT2D eigenvalue weighted by Gasteiger charge is 2.09. The third-order valence-corrected chi connectivity index (χ3v) is 4.65. The molecule has 0 aliphatic rings. The van der Waals surface area contributed by atoms with E-state index in [1.54, 1.807) is 24.3 Å². The first kappa shape index (κ1) is 21.0. The molecule has 0 heterocycles. The predicted molar refractivity (Wildman–Crippen MR) is 112 cm³/mol. The van der Waals surface area contributed by atoms with Gasteiger partial charge in [-0.25, -0.2) is 4.79 Å². The van der Waals surface area contributed by atoms with Crippen molar-refractivity contribution in [3.05, 3.63) is 59.7 Å². The minimum atomic E-state index is -0.368. The van der Waals surface area contributed by atoms with Gasteiger partial charge in [0, 0.05) is 12.2 Å². The number of nitrogen functional groups attached to an aromatic ring is 1. The Morgan fingerprint density at radius 2 is 1.48 bits per heavy atom. The van der Waals surface area contributed by atoms with Crippen LogP contribution in [-0.4, -0.2) is 30.5 Å². The molecule has 0 aromatic heterocycles. The highest BCUT2D eigenvalue weighted by molar-refractivity contribution is 5.91. The molecule has 146 valence electrons. The van der Waals surface area contributed by atoms with Gasteiger partial charge in [0.05, 0.1) is 5.56 Å². The van der Waals surface area contributed by atoms with E-state index in [1.807, 2.05) is 24.3 Å². The van der Waals surface area contributed by atoms with Crippen LogP contribution in [0.3, 0.4) is 0 Å². The van der Waals surface area contributed by atoms with E-state index in [0.717, 1.165) is 13.0 Å². The molecule has 2 rings (SSSR count). The van der Waals surface area contributed by atoms with E-state index in [9.17, 15) is 4.79 Å². The van der Waals surface area contributed by atoms with Crippen molar-refractivity contribution in [1.29, 1.82) is 0 Å². The van der Waals surface area contributed by atoms with Crippen molar-refractivity contribution in [2.45, 2.75) is 46.0 Å². The lowest BCUT2D eigenvalue weighted by molar-refractivity contribution is 0.0735. The summed E-state index contributed by atoms with van der Waals surface area (Å²) in [5.41, 5.74) is 8.03. The lowest BCUT2D eigenvalue weighted by atomic mass is 10.1. The average molecular weight is 369 g/mol. The first-order chi connectivity index (χ1) is 13.1. The largest absolute Gasteiger partial charge is 0.423 e. The fourth-order valence-electron chi connectivity index (χ4n) is 2.90. The standard InChI is InChI=1S/C23H32N2O2/c1-3-5-16-25(17-6-4-2)18-15-19-7-13-22(14-8-19)27-23(26)20-9-11-21(24)12-10-20/h7-14H,3-6,15-18,24H2,1-2H3. The zero-order chi connectivity index (χ0) is 19.5. The maximum absolute atomic E-state index is 12.2. The van der Waals surface area contributed by atoms with Crippen molar-refractivity contribution in [2.24, 2.45) is 0 Å². The van der Waals surface area contributed by atoms with E-state index >= 15 is 0 Å². The molecule has 0 aliphatic heterocycles. The van der Waals surface area contributed by atoms with Crippen LogP contribution in [0.5, 0.6) is 5.75 Å². The third kappa shape index (κ3) is 7.43. The Morgan fingerprint density at radius 3 is 2.04 bits per heavy atom. The van der Waals surface area contributed by atoms with Gasteiger partial charge in [-0.2, -0.15) is 0 Å². The van der Waals surface area contributed by atoms with Crippen LogP contribution in [0.25, 0.3) is 0 Å². The number of anilines is 1. The minimum Gasteiger partial charge on any atom is -0.423 e. The predicted octanol–water partition coefficient (Wildman–Crippen LogP) is 4.93. The van der Waals surface area contributed by atoms with Crippen LogP contribution in [0.2, 0.25) is 0 Å². The first-order valence-corrected chi connectivity index (χ1v) is 10.0. The number of ether oxygens (including phenoxy) is 1. The van der Waals surface area contributed by atoms with Crippen LogP contribution in [0.15, 0.2) is 48.5 Å². The molecular formula is C23H32N2O2. The fraction of sp³-hybridized carbons (Fsp3) is 0.435. The maximum Gasteiger partial charge on any atom is 0.343 e. The SMILES string of the molecule is CCCCN(CCCC)CCc1ccc(OC(=O)c2ccc(N)cc2)cc1. The van der Waals surface area contributed by atoms with Crippen LogP contribution in [0.1, 0.15) is 55.5 Å². The molecule has 27 heavy (non-hydrogen) atoms. The van der Waals surface area contributed by atoms with E-state index < -0.39 is 0 Å². The molecule has 0 atom stereocenters. The van der Waals surface area contributed by atoms with Gasteiger partial charge < -0.3 is 15.4 Å².